The molecule has 2 rings (SSSR count). The summed E-state index contributed by atoms with van der Waals surface area (Å²) in [6, 6.07) is 7.49. The fraction of sp³-hybridized carbons (Fsp3) is 0.375. The fourth-order valence-corrected chi connectivity index (χ4v) is 2.85. The molecule has 20 heavy (non-hydrogen) atoms. The van der Waals surface area contributed by atoms with Gasteiger partial charge in [-0.1, -0.05) is 19.9 Å². The smallest absolute Gasteiger partial charge is 0.261 e. The Labute approximate surface area is 122 Å². The Hall–Kier alpha value is -1.68. The van der Waals surface area contributed by atoms with Crippen molar-refractivity contribution >= 4 is 17.1 Å². The van der Waals surface area contributed by atoms with Gasteiger partial charge in [-0.25, -0.2) is 0 Å². The van der Waals surface area contributed by atoms with Gasteiger partial charge in [0, 0.05) is 6.54 Å². The van der Waals surface area contributed by atoms with Crippen LogP contribution in [0, 0.1) is 5.92 Å². The minimum atomic E-state index is -0.177. The summed E-state index contributed by atoms with van der Waals surface area (Å²) in [7, 11) is 0. The normalized spacial score (nSPS) is 11.0. The molecule has 0 amide bonds. The SMILES string of the molecule is CC(=O)c1ccc(-c2cccs2)n(CCC(C)C)c1=O. The number of ketones is 1. The lowest BCUT2D eigenvalue weighted by Crippen LogP contribution is -2.27. The molecule has 2 aromatic rings. The van der Waals surface area contributed by atoms with Crippen molar-refractivity contribution in [2.24, 2.45) is 5.92 Å². The van der Waals surface area contributed by atoms with Crippen molar-refractivity contribution in [2.45, 2.75) is 33.7 Å². The van der Waals surface area contributed by atoms with Gasteiger partial charge >= 0.3 is 0 Å². The molecular formula is C16H19NO2S. The molecule has 0 spiro atoms. The topological polar surface area (TPSA) is 39.1 Å². The third-order valence-electron chi connectivity index (χ3n) is 3.26. The van der Waals surface area contributed by atoms with Crippen LogP contribution in [-0.4, -0.2) is 10.4 Å². The van der Waals surface area contributed by atoms with Gasteiger partial charge < -0.3 is 4.57 Å². The van der Waals surface area contributed by atoms with Crippen LogP contribution in [0.1, 0.15) is 37.6 Å². The highest BCUT2D eigenvalue weighted by atomic mass is 32.1. The Kier molecular flexibility index (Phi) is 4.55. The van der Waals surface area contributed by atoms with E-state index in [0.717, 1.165) is 17.0 Å². The van der Waals surface area contributed by atoms with Gasteiger partial charge in [-0.05, 0) is 42.8 Å². The second kappa shape index (κ2) is 6.18. The van der Waals surface area contributed by atoms with Crippen LogP contribution in [0.5, 0.6) is 0 Å². The molecule has 0 aliphatic heterocycles. The lowest BCUT2D eigenvalue weighted by Gasteiger charge is -2.14. The number of thiophene rings is 1. The molecule has 0 unspecified atom stereocenters. The minimum Gasteiger partial charge on any atom is -0.307 e. The molecule has 0 aromatic carbocycles. The van der Waals surface area contributed by atoms with Gasteiger partial charge in [-0.2, -0.15) is 0 Å². The Morgan fingerprint density at radius 1 is 1.30 bits per heavy atom. The zero-order valence-corrected chi connectivity index (χ0v) is 12.9. The van der Waals surface area contributed by atoms with E-state index in [-0.39, 0.29) is 16.9 Å². The van der Waals surface area contributed by atoms with E-state index < -0.39 is 0 Å². The van der Waals surface area contributed by atoms with Crippen molar-refractivity contribution in [3.63, 3.8) is 0 Å². The Bertz CT molecular complexity index is 654. The number of pyridine rings is 1. The molecule has 4 heteroatoms. The van der Waals surface area contributed by atoms with Crippen LogP contribution in [-0.2, 0) is 6.54 Å². The van der Waals surface area contributed by atoms with Crippen molar-refractivity contribution in [1.29, 1.82) is 0 Å². The van der Waals surface area contributed by atoms with Crippen LogP contribution in [0.25, 0.3) is 10.6 Å². The predicted molar refractivity (Wildman–Crippen MR) is 83.5 cm³/mol. The number of aromatic nitrogens is 1. The first-order chi connectivity index (χ1) is 9.50. The van der Waals surface area contributed by atoms with Gasteiger partial charge in [0.1, 0.15) is 0 Å². The van der Waals surface area contributed by atoms with Crippen LogP contribution in [0.4, 0.5) is 0 Å². The summed E-state index contributed by atoms with van der Waals surface area (Å²) in [4.78, 5) is 25.1. The van der Waals surface area contributed by atoms with Crippen molar-refractivity contribution in [2.75, 3.05) is 0 Å². The maximum Gasteiger partial charge on any atom is 0.261 e. The average molecular weight is 289 g/mol. The van der Waals surface area contributed by atoms with E-state index in [1.165, 1.54) is 6.92 Å². The molecule has 0 fully saturated rings. The van der Waals surface area contributed by atoms with Gasteiger partial charge in [0.05, 0.1) is 16.1 Å². The number of hydrogen-bond acceptors (Lipinski definition) is 3. The molecule has 0 radical (unpaired) electrons. The molecular weight excluding hydrogens is 270 g/mol. The molecule has 0 saturated carbocycles. The number of Topliss-reactive ketones (excluding diaryl/α,β-unsaturated/α-hetero) is 1. The van der Waals surface area contributed by atoms with Crippen molar-refractivity contribution in [1.82, 2.24) is 4.57 Å². The number of hydrogen-bond donors (Lipinski definition) is 0. The number of carbonyl (C=O) groups is 1. The van der Waals surface area contributed by atoms with Gasteiger partial charge in [-0.15, -0.1) is 11.3 Å². The number of nitrogens with zero attached hydrogens (tertiary/aromatic N) is 1. The zero-order chi connectivity index (χ0) is 14.7. The summed E-state index contributed by atoms with van der Waals surface area (Å²) in [6.45, 7) is 6.34. The van der Waals surface area contributed by atoms with E-state index in [9.17, 15) is 9.59 Å². The molecule has 0 saturated heterocycles. The van der Waals surface area contributed by atoms with Gasteiger partial charge in [-0.3, -0.25) is 9.59 Å². The Balaban J connectivity index is 2.54. The summed E-state index contributed by atoms with van der Waals surface area (Å²) in [5.41, 5.74) is 0.994. The molecule has 0 aliphatic carbocycles. The van der Waals surface area contributed by atoms with E-state index in [1.807, 2.05) is 23.6 Å². The second-order valence-corrected chi connectivity index (χ2v) is 6.25. The van der Waals surface area contributed by atoms with Crippen LogP contribution in [0.3, 0.4) is 0 Å². The summed E-state index contributed by atoms with van der Waals surface area (Å²) in [6.07, 6.45) is 0.916. The van der Waals surface area contributed by atoms with Crippen molar-refractivity contribution < 1.29 is 4.79 Å². The van der Waals surface area contributed by atoms with Crippen LogP contribution in [0.15, 0.2) is 34.4 Å². The monoisotopic (exact) mass is 289 g/mol. The van der Waals surface area contributed by atoms with Crippen LogP contribution >= 0.6 is 11.3 Å². The second-order valence-electron chi connectivity index (χ2n) is 5.31. The highest BCUT2D eigenvalue weighted by Crippen LogP contribution is 2.24. The first kappa shape index (κ1) is 14.7. The largest absolute Gasteiger partial charge is 0.307 e. The highest BCUT2D eigenvalue weighted by molar-refractivity contribution is 7.13. The summed E-state index contributed by atoms with van der Waals surface area (Å²) in [5.74, 6) is 0.338. The van der Waals surface area contributed by atoms with E-state index >= 15 is 0 Å². The maximum absolute atomic E-state index is 12.5. The highest BCUT2D eigenvalue weighted by Gasteiger charge is 2.14. The van der Waals surface area contributed by atoms with E-state index in [1.54, 1.807) is 22.0 Å². The maximum atomic E-state index is 12.5. The van der Waals surface area contributed by atoms with Gasteiger partial charge in [0.2, 0.25) is 0 Å². The van der Waals surface area contributed by atoms with E-state index in [0.29, 0.717) is 12.5 Å². The van der Waals surface area contributed by atoms with Crippen LogP contribution < -0.4 is 5.56 Å². The third kappa shape index (κ3) is 3.07. The quantitative estimate of drug-likeness (QED) is 0.785. The molecule has 2 heterocycles. The zero-order valence-electron chi connectivity index (χ0n) is 12.1. The minimum absolute atomic E-state index is 0.175. The van der Waals surface area contributed by atoms with Gasteiger partial charge in [0.25, 0.3) is 5.56 Å². The molecule has 0 aliphatic rings. The summed E-state index contributed by atoms with van der Waals surface area (Å²) >= 11 is 1.60. The predicted octanol–water partition coefficient (Wildman–Crippen LogP) is 3.83. The molecule has 106 valence electrons. The number of rotatable bonds is 5. The van der Waals surface area contributed by atoms with Crippen molar-refractivity contribution in [3.8, 4) is 10.6 Å². The molecule has 0 atom stereocenters. The standard InChI is InChI=1S/C16H19NO2S/c1-11(2)8-9-17-14(15-5-4-10-20-15)7-6-13(12(3)18)16(17)19/h4-7,10-11H,8-9H2,1-3H3. The third-order valence-corrected chi connectivity index (χ3v) is 4.15. The summed E-state index contributed by atoms with van der Waals surface area (Å²) in [5, 5.41) is 1.99. The van der Waals surface area contributed by atoms with E-state index in [2.05, 4.69) is 13.8 Å². The molecule has 3 nitrogen and oxygen atoms in total. The van der Waals surface area contributed by atoms with Crippen LogP contribution in [0.2, 0.25) is 0 Å². The molecule has 2 aromatic heterocycles. The average Bonchev–Trinajstić information content (AvgIpc) is 2.89. The Morgan fingerprint density at radius 2 is 2.05 bits per heavy atom. The summed E-state index contributed by atoms with van der Waals surface area (Å²) < 4.78 is 1.74. The van der Waals surface area contributed by atoms with E-state index in [4.69, 9.17) is 0 Å². The number of carbonyl (C=O) groups excluding carboxylic acids is 1. The Morgan fingerprint density at radius 3 is 2.60 bits per heavy atom. The van der Waals surface area contributed by atoms with Gasteiger partial charge in [0.15, 0.2) is 5.78 Å². The lowest BCUT2D eigenvalue weighted by atomic mass is 10.1. The first-order valence-corrected chi connectivity index (χ1v) is 7.67. The van der Waals surface area contributed by atoms with Crippen molar-refractivity contribution in [3.05, 3.63) is 45.6 Å². The molecule has 0 N–H and O–H groups in total. The lowest BCUT2D eigenvalue weighted by molar-refractivity contribution is 0.101. The fourth-order valence-electron chi connectivity index (χ4n) is 2.10. The molecule has 0 bridgehead atoms. The first-order valence-electron chi connectivity index (χ1n) is 6.79.